The van der Waals surface area contributed by atoms with Crippen molar-refractivity contribution in [1.29, 1.82) is 0 Å². The quantitative estimate of drug-likeness (QED) is 0.665. The summed E-state index contributed by atoms with van der Waals surface area (Å²) in [4.78, 5) is 12.3. The van der Waals surface area contributed by atoms with Crippen molar-refractivity contribution in [1.82, 2.24) is 5.43 Å². The molecule has 1 aromatic carbocycles. The second-order valence-electron chi connectivity index (χ2n) is 7.94. The van der Waals surface area contributed by atoms with E-state index in [2.05, 4.69) is 10.5 Å². The van der Waals surface area contributed by atoms with E-state index in [0.29, 0.717) is 6.42 Å². The monoisotopic (exact) mass is 314 g/mol. The van der Waals surface area contributed by atoms with Gasteiger partial charge in [0.1, 0.15) is 5.82 Å². The lowest BCUT2D eigenvalue weighted by Gasteiger charge is -2.56. The van der Waals surface area contributed by atoms with Crippen LogP contribution in [0.15, 0.2) is 29.4 Å². The van der Waals surface area contributed by atoms with Crippen molar-refractivity contribution in [2.75, 3.05) is 0 Å². The van der Waals surface area contributed by atoms with Gasteiger partial charge in [0.15, 0.2) is 0 Å². The van der Waals surface area contributed by atoms with Crippen LogP contribution in [0.2, 0.25) is 0 Å². The summed E-state index contributed by atoms with van der Waals surface area (Å²) >= 11 is 0. The van der Waals surface area contributed by atoms with Crippen molar-refractivity contribution in [3.8, 4) is 0 Å². The Balaban J connectivity index is 1.34. The zero-order valence-corrected chi connectivity index (χ0v) is 13.3. The molecule has 0 heterocycles. The summed E-state index contributed by atoms with van der Waals surface area (Å²) in [6.45, 7) is 0. The average Bonchev–Trinajstić information content (AvgIpc) is 2.47. The predicted molar refractivity (Wildman–Crippen MR) is 87.4 cm³/mol. The van der Waals surface area contributed by atoms with E-state index in [1.807, 2.05) is 0 Å². The highest BCUT2D eigenvalue weighted by Crippen LogP contribution is 2.61. The molecule has 3 nitrogen and oxygen atoms in total. The van der Waals surface area contributed by atoms with Crippen LogP contribution in [-0.4, -0.2) is 12.1 Å². The molecule has 0 atom stereocenters. The lowest BCUT2D eigenvalue weighted by atomic mass is 9.49. The van der Waals surface area contributed by atoms with E-state index in [1.54, 1.807) is 18.3 Å². The average molecular weight is 314 g/mol. The first kappa shape index (κ1) is 14.9. The van der Waals surface area contributed by atoms with Crippen LogP contribution in [0.1, 0.15) is 50.5 Å². The minimum atomic E-state index is -0.270. The number of halogens is 1. The van der Waals surface area contributed by atoms with E-state index in [9.17, 15) is 9.18 Å². The summed E-state index contributed by atoms with van der Waals surface area (Å²) in [6.07, 6.45) is 10.0. The molecule has 23 heavy (non-hydrogen) atoms. The molecule has 1 amide bonds. The molecule has 4 bridgehead atoms. The number of hydrogen-bond acceptors (Lipinski definition) is 2. The minimum Gasteiger partial charge on any atom is -0.273 e. The highest BCUT2D eigenvalue weighted by atomic mass is 19.1. The van der Waals surface area contributed by atoms with Crippen molar-refractivity contribution in [3.63, 3.8) is 0 Å². The van der Waals surface area contributed by atoms with Gasteiger partial charge in [-0.3, -0.25) is 4.79 Å². The zero-order valence-electron chi connectivity index (χ0n) is 13.3. The van der Waals surface area contributed by atoms with Crippen LogP contribution in [0.5, 0.6) is 0 Å². The Bertz CT molecular complexity index is 587. The van der Waals surface area contributed by atoms with E-state index in [4.69, 9.17) is 0 Å². The number of nitrogens with zero attached hydrogens (tertiary/aromatic N) is 1. The van der Waals surface area contributed by atoms with Gasteiger partial charge in [-0.1, -0.05) is 12.1 Å². The fourth-order valence-corrected chi connectivity index (χ4v) is 5.61. The topological polar surface area (TPSA) is 41.5 Å². The molecule has 0 unspecified atom stereocenters. The van der Waals surface area contributed by atoms with Gasteiger partial charge in [0, 0.05) is 6.42 Å². The molecule has 4 aliphatic carbocycles. The van der Waals surface area contributed by atoms with E-state index in [-0.39, 0.29) is 17.1 Å². The van der Waals surface area contributed by atoms with Crippen LogP contribution in [-0.2, 0) is 4.79 Å². The van der Waals surface area contributed by atoms with Crippen molar-refractivity contribution < 1.29 is 9.18 Å². The van der Waals surface area contributed by atoms with Gasteiger partial charge in [0.25, 0.3) is 0 Å². The maximum Gasteiger partial charge on any atom is 0.240 e. The first-order chi connectivity index (χ1) is 11.1. The van der Waals surface area contributed by atoms with Crippen LogP contribution in [0, 0.1) is 29.0 Å². The van der Waals surface area contributed by atoms with Crippen LogP contribution in [0.4, 0.5) is 4.39 Å². The molecule has 0 aliphatic heterocycles. The Morgan fingerprint density at radius 1 is 1.13 bits per heavy atom. The molecule has 1 N–H and O–H groups in total. The Kier molecular flexibility index (Phi) is 3.70. The van der Waals surface area contributed by atoms with Crippen LogP contribution < -0.4 is 5.43 Å². The summed E-state index contributed by atoms with van der Waals surface area (Å²) < 4.78 is 12.8. The van der Waals surface area contributed by atoms with Gasteiger partial charge in [-0.05, 0) is 79.4 Å². The molecule has 0 aromatic heterocycles. The van der Waals surface area contributed by atoms with Gasteiger partial charge >= 0.3 is 0 Å². The number of hydrazone groups is 1. The van der Waals surface area contributed by atoms with E-state index in [1.165, 1.54) is 50.7 Å². The van der Waals surface area contributed by atoms with Crippen LogP contribution in [0.3, 0.4) is 0 Å². The second-order valence-corrected chi connectivity index (χ2v) is 7.94. The number of hydrogen-bond donors (Lipinski definition) is 1. The first-order valence-corrected chi connectivity index (χ1v) is 8.68. The molecule has 5 rings (SSSR count). The summed E-state index contributed by atoms with van der Waals surface area (Å²) in [5.74, 6) is 2.32. The predicted octanol–water partition coefficient (Wildman–Crippen LogP) is 3.88. The number of carbonyl (C=O) groups is 1. The third-order valence-electron chi connectivity index (χ3n) is 5.97. The molecule has 0 saturated heterocycles. The van der Waals surface area contributed by atoms with Crippen molar-refractivity contribution in [2.45, 2.75) is 44.9 Å². The highest BCUT2D eigenvalue weighted by molar-refractivity contribution is 5.82. The van der Waals surface area contributed by atoms with Crippen molar-refractivity contribution in [2.24, 2.45) is 28.3 Å². The standard InChI is InChI=1S/C19H23FN2O/c20-17-3-1-13(2-4-17)12-21-22-18(23)11-19-8-14-5-15(9-19)7-16(6-14)10-19/h1-4,12,14-16H,5-11H2,(H,22,23)/b21-12-. The van der Waals surface area contributed by atoms with Gasteiger partial charge in [-0.2, -0.15) is 5.10 Å². The van der Waals surface area contributed by atoms with Crippen molar-refractivity contribution in [3.05, 3.63) is 35.6 Å². The van der Waals surface area contributed by atoms with Gasteiger partial charge in [0.05, 0.1) is 6.21 Å². The normalized spacial score (nSPS) is 34.9. The lowest BCUT2D eigenvalue weighted by molar-refractivity contribution is -0.129. The molecule has 1 aromatic rings. The second kappa shape index (κ2) is 5.73. The summed E-state index contributed by atoms with van der Waals surface area (Å²) in [7, 11) is 0. The number of benzene rings is 1. The molecule has 0 spiro atoms. The number of nitrogens with one attached hydrogen (secondary N) is 1. The van der Waals surface area contributed by atoms with E-state index in [0.717, 1.165) is 23.3 Å². The molecular weight excluding hydrogens is 291 g/mol. The Hall–Kier alpha value is -1.71. The summed E-state index contributed by atoms with van der Waals surface area (Å²) in [6, 6.07) is 6.06. The highest BCUT2D eigenvalue weighted by Gasteiger charge is 2.51. The van der Waals surface area contributed by atoms with E-state index < -0.39 is 0 Å². The maximum atomic E-state index is 12.8. The molecule has 4 saturated carbocycles. The van der Waals surface area contributed by atoms with Gasteiger partial charge < -0.3 is 0 Å². The van der Waals surface area contributed by atoms with Gasteiger partial charge in [0.2, 0.25) is 5.91 Å². The smallest absolute Gasteiger partial charge is 0.240 e. The molecule has 4 fully saturated rings. The Morgan fingerprint density at radius 2 is 1.70 bits per heavy atom. The fourth-order valence-electron chi connectivity index (χ4n) is 5.61. The lowest BCUT2D eigenvalue weighted by Crippen LogP contribution is -2.47. The third-order valence-corrected chi connectivity index (χ3v) is 5.97. The number of rotatable bonds is 4. The molecule has 4 heteroatoms. The first-order valence-electron chi connectivity index (χ1n) is 8.68. The third kappa shape index (κ3) is 3.17. The SMILES string of the molecule is O=C(CC12CC3CC(CC(C3)C1)C2)N/N=C\c1ccc(F)cc1. The Labute approximate surface area is 136 Å². The Morgan fingerprint density at radius 3 is 2.26 bits per heavy atom. The van der Waals surface area contributed by atoms with Gasteiger partial charge in [-0.15, -0.1) is 0 Å². The largest absolute Gasteiger partial charge is 0.273 e. The summed E-state index contributed by atoms with van der Waals surface area (Å²) in [5, 5.41) is 4.02. The number of carbonyl (C=O) groups excluding carboxylic acids is 1. The molecule has 4 aliphatic rings. The van der Waals surface area contributed by atoms with Gasteiger partial charge in [-0.25, -0.2) is 9.82 Å². The fraction of sp³-hybridized carbons (Fsp3) is 0.579. The van der Waals surface area contributed by atoms with Crippen molar-refractivity contribution >= 4 is 12.1 Å². The maximum absolute atomic E-state index is 12.8. The molecule has 0 radical (unpaired) electrons. The minimum absolute atomic E-state index is 0.0188. The van der Waals surface area contributed by atoms with E-state index >= 15 is 0 Å². The number of amides is 1. The van der Waals surface area contributed by atoms with Crippen LogP contribution >= 0.6 is 0 Å². The summed E-state index contributed by atoms with van der Waals surface area (Å²) in [5.41, 5.74) is 3.68. The molecule has 122 valence electrons. The zero-order chi connectivity index (χ0) is 15.9. The molecular formula is C19H23FN2O. The van der Waals surface area contributed by atoms with Crippen LogP contribution in [0.25, 0.3) is 0 Å².